The van der Waals surface area contributed by atoms with Gasteiger partial charge in [0.2, 0.25) is 0 Å². The third-order valence-corrected chi connectivity index (χ3v) is 5.64. The molecule has 0 spiro atoms. The molecule has 2 saturated carbocycles. The van der Waals surface area contributed by atoms with Crippen molar-refractivity contribution in [3.05, 3.63) is 41.1 Å². The molecular formula is C20H24N2O2. The topological polar surface area (TPSA) is 61.7 Å². The minimum atomic E-state index is 0.0224. The van der Waals surface area contributed by atoms with Crippen molar-refractivity contribution in [2.75, 3.05) is 0 Å². The van der Waals surface area contributed by atoms with Gasteiger partial charge in [-0.05, 0) is 37.8 Å². The van der Waals surface area contributed by atoms with E-state index in [0.29, 0.717) is 12.5 Å². The first-order chi connectivity index (χ1) is 11.6. The number of benzene rings is 1. The molecule has 2 fully saturated rings. The fourth-order valence-corrected chi connectivity index (χ4v) is 4.47. The first kappa shape index (κ1) is 15.4. The van der Waals surface area contributed by atoms with Crippen LogP contribution in [0.4, 0.5) is 0 Å². The maximum Gasteiger partial charge on any atom is 0.167 e. The number of fused-ring (bicyclic) bond motifs is 2. The molecule has 0 bridgehead atoms. The molecule has 1 aromatic carbocycles. The number of aliphatic imine (C=N–C) groups is 1. The number of carbonyl (C=O) groups excluding carboxylic acids is 1. The summed E-state index contributed by atoms with van der Waals surface area (Å²) in [5, 5.41) is 13.7. The highest BCUT2D eigenvalue weighted by Crippen LogP contribution is 2.38. The van der Waals surface area contributed by atoms with Crippen molar-refractivity contribution < 1.29 is 9.90 Å². The van der Waals surface area contributed by atoms with Crippen LogP contribution in [-0.4, -0.2) is 28.7 Å². The lowest BCUT2D eigenvalue weighted by Crippen LogP contribution is -2.39. The van der Waals surface area contributed by atoms with Gasteiger partial charge in [-0.15, -0.1) is 0 Å². The van der Waals surface area contributed by atoms with Crippen molar-refractivity contribution in [1.29, 1.82) is 0 Å². The van der Waals surface area contributed by atoms with Crippen LogP contribution in [-0.2, 0) is 4.79 Å². The number of para-hydroxylation sites is 1. The van der Waals surface area contributed by atoms with Crippen molar-refractivity contribution in [3.63, 3.8) is 0 Å². The van der Waals surface area contributed by atoms with Crippen molar-refractivity contribution in [2.24, 2.45) is 4.99 Å². The van der Waals surface area contributed by atoms with E-state index in [-0.39, 0.29) is 23.5 Å². The molecule has 3 aliphatic rings. The lowest BCUT2D eigenvalue weighted by Gasteiger charge is -2.29. The highest BCUT2D eigenvalue weighted by atomic mass is 16.3. The molecule has 1 heterocycles. The number of hydrogen-bond donors (Lipinski definition) is 2. The van der Waals surface area contributed by atoms with Crippen LogP contribution in [0.15, 0.2) is 40.5 Å². The summed E-state index contributed by atoms with van der Waals surface area (Å²) in [5.41, 5.74) is 3.60. The van der Waals surface area contributed by atoms with E-state index in [0.717, 1.165) is 41.8 Å². The van der Waals surface area contributed by atoms with Gasteiger partial charge in [0.05, 0.1) is 11.6 Å². The number of nitrogens with one attached hydrogen (secondary N) is 1. The number of aromatic hydroxyl groups is 1. The van der Waals surface area contributed by atoms with Crippen LogP contribution < -0.4 is 5.32 Å². The van der Waals surface area contributed by atoms with Crippen LogP contribution in [0, 0.1) is 0 Å². The molecular weight excluding hydrogens is 300 g/mol. The minimum Gasteiger partial charge on any atom is -0.508 e. The number of Topliss-reactive ketones (excluding diaryl/α,β-unsaturated/α-hetero) is 1. The molecule has 2 N–H and O–H groups in total. The van der Waals surface area contributed by atoms with E-state index in [9.17, 15) is 9.90 Å². The zero-order chi connectivity index (χ0) is 16.7. The molecule has 0 amide bonds. The summed E-state index contributed by atoms with van der Waals surface area (Å²) in [4.78, 5) is 17.9. The van der Waals surface area contributed by atoms with Crippen molar-refractivity contribution in [3.8, 4) is 5.75 Å². The molecule has 0 unspecified atom stereocenters. The highest BCUT2D eigenvalue weighted by molar-refractivity contribution is 6.25. The van der Waals surface area contributed by atoms with Gasteiger partial charge in [0, 0.05) is 29.8 Å². The first-order valence-electron chi connectivity index (χ1n) is 8.99. The summed E-state index contributed by atoms with van der Waals surface area (Å²) in [6, 6.07) is 8.00. The number of phenols is 1. The molecule has 126 valence electrons. The fourth-order valence-electron chi connectivity index (χ4n) is 4.47. The van der Waals surface area contributed by atoms with Gasteiger partial charge in [-0.2, -0.15) is 0 Å². The van der Waals surface area contributed by atoms with E-state index in [4.69, 9.17) is 4.99 Å². The Balaban J connectivity index is 1.71. The maximum atomic E-state index is 12.8. The summed E-state index contributed by atoms with van der Waals surface area (Å²) < 4.78 is 0. The SMILES string of the molecule is CC1=C2C(=O)C[C@H](c3ccccc3O)CC2=N[C@H]2CCCC[C@@H]2N1. The summed E-state index contributed by atoms with van der Waals surface area (Å²) in [6.07, 6.45) is 5.85. The van der Waals surface area contributed by atoms with Crippen LogP contribution in [0.5, 0.6) is 5.75 Å². The Morgan fingerprint density at radius 2 is 1.96 bits per heavy atom. The average molecular weight is 324 g/mol. The van der Waals surface area contributed by atoms with E-state index in [1.165, 1.54) is 12.8 Å². The van der Waals surface area contributed by atoms with E-state index in [1.54, 1.807) is 6.07 Å². The first-order valence-corrected chi connectivity index (χ1v) is 8.99. The lowest BCUT2D eigenvalue weighted by molar-refractivity contribution is -0.115. The van der Waals surface area contributed by atoms with Crippen molar-refractivity contribution in [2.45, 2.75) is 63.5 Å². The van der Waals surface area contributed by atoms with Gasteiger partial charge in [0.15, 0.2) is 5.78 Å². The Morgan fingerprint density at radius 3 is 2.79 bits per heavy atom. The summed E-state index contributed by atoms with van der Waals surface area (Å²) in [5.74, 6) is 0.452. The van der Waals surface area contributed by atoms with E-state index in [2.05, 4.69) is 5.32 Å². The number of ketones is 1. The Hall–Kier alpha value is -2.10. The summed E-state index contributed by atoms with van der Waals surface area (Å²) in [7, 11) is 0. The number of nitrogens with zero attached hydrogens (tertiary/aromatic N) is 1. The Kier molecular flexibility index (Phi) is 3.91. The molecule has 24 heavy (non-hydrogen) atoms. The average Bonchev–Trinajstić information content (AvgIpc) is 2.70. The van der Waals surface area contributed by atoms with Crippen molar-refractivity contribution in [1.82, 2.24) is 5.32 Å². The number of phenolic OH excluding ortho intramolecular Hbond substituents is 1. The van der Waals surface area contributed by atoms with Gasteiger partial charge in [-0.3, -0.25) is 9.79 Å². The summed E-state index contributed by atoms with van der Waals surface area (Å²) in [6.45, 7) is 2.01. The molecule has 3 atom stereocenters. The molecule has 0 aromatic heterocycles. The molecule has 4 nitrogen and oxygen atoms in total. The second kappa shape index (κ2) is 6.08. The van der Waals surface area contributed by atoms with E-state index >= 15 is 0 Å². The van der Waals surface area contributed by atoms with Gasteiger partial charge >= 0.3 is 0 Å². The van der Waals surface area contributed by atoms with Gasteiger partial charge in [0.25, 0.3) is 0 Å². The number of carbonyl (C=O) groups is 1. The molecule has 1 aromatic rings. The molecule has 0 radical (unpaired) electrons. The Morgan fingerprint density at radius 1 is 1.17 bits per heavy atom. The molecule has 4 rings (SSSR count). The standard InChI is InChI=1S/C20H24N2O2/c1-12-20-17(22-16-8-4-3-7-15(16)21-12)10-13(11-19(20)24)14-6-2-5-9-18(14)23/h2,5-6,9,13,15-16,21,23H,3-4,7-8,10-11H2,1H3/t13-,15+,16+/m1/s1. The van der Waals surface area contributed by atoms with Crippen LogP contribution in [0.3, 0.4) is 0 Å². The third kappa shape index (κ3) is 2.64. The van der Waals surface area contributed by atoms with Crippen LogP contribution in [0.1, 0.15) is 56.9 Å². The lowest BCUT2D eigenvalue weighted by atomic mass is 9.78. The fraction of sp³-hybridized carbons (Fsp3) is 0.500. The predicted molar refractivity (Wildman–Crippen MR) is 94.4 cm³/mol. The van der Waals surface area contributed by atoms with Gasteiger partial charge < -0.3 is 10.4 Å². The van der Waals surface area contributed by atoms with Crippen LogP contribution in [0.25, 0.3) is 0 Å². The van der Waals surface area contributed by atoms with Gasteiger partial charge in [-0.1, -0.05) is 31.0 Å². The summed E-state index contributed by atoms with van der Waals surface area (Å²) >= 11 is 0. The van der Waals surface area contributed by atoms with E-state index < -0.39 is 0 Å². The molecule has 1 aliphatic heterocycles. The Labute approximate surface area is 142 Å². The van der Waals surface area contributed by atoms with Crippen LogP contribution in [0.2, 0.25) is 0 Å². The predicted octanol–water partition coefficient (Wildman–Crippen LogP) is 3.47. The van der Waals surface area contributed by atoms with Gasteiger partial charge in [-0.25, -0.2) is 0 Å². The highest BCUT2D eigenvalue weighted by Gasteiger charge is 2.36. The quantitative estimate of drug-likeness (QED) is 0.831. The monoisotopic (exact) mass is 324 g/mol. The number of hydrogen-bond acceptors (Lipinski definition) is 4. The minimum absolute atomic E-state index is 0.0224. The molecule has 2 aliphatic carbocycles. The molecule has 0 saturated heterocycles. The van der Waals surface area contributed by atoms with E-state index in [1.807, 2.05) is 25.1 Å². The Bertz CT molecular complexity index is 735. The van der Waals surface area contributed by atoms with Gasteiger partial charge in [0.1, 0.15) is 5.75 Å². The molecule has 4 heteroatoms. The van der Waals surface area contributed by atoms with Crippen LogP contribution >= 0.6 is 0 Å². The largest absolute Gasteiger partial charge is 0.508 e. The number of rotatable bonds is 1. The zero-order valence-electron chi connectivity index (χ0n) is 14.1. The third-order valence-electron chi connectivity index (χ3n) is 5.64. The normalized spacial score (nSPS) is 30.0. The van der Waals surface area contributed by atoms with Crippen molar-refractivity contribution >= 4 is 11.5 Å². The smallest absolute Gasteiger partial charge is 0.167 e. The second-order valence-corrected chi connectivity index (χ2v) is 7.27. The number of allylic oxidation sites excluding steroid dienone is 2. The maximum absolute atomic E-state index is 12.8. The zero-order valence-corrected chi connectivity index (χ0v) is 14.1. The second-order valence-electron chi connectivity index (χ2n) is 7.27.